The van der Waals surface area contributed by atoms with Gasteiger partial charge >= 0.3 is 0 Å². The minimum atomic E-state index is -0.292. The summed E-state index contributed by atoms with van der Waals surface area (Å²) in [5, 5.41) is 7.36. The van der Waals surface area contributed by atoms with Crippen LogP contribution < -0.4 is 15.0 Å². The van der Waals surface area contributed by atoms with E-state index in [1.807, 2.05) is 42.5 Å². The Morgan fingerprint density at radius 3 is 2.54 bits per heavy atom. The lowest BCUT2D eigenvalue weighted by molar-refractivity contribution is 0.101. The van der Waals surface area contributed by atoms with Crippen LogP contribution in [0.3, 0.4) is 0 Å². The Morgan fingerprint density at radius 2 is 1.86 bits per heavy atom. The zero-order valence-electron chi connectivity index (χ0n) is 16.2. The molecule has 144 valence electrons. The number of carbonyl (C=O) groups is 1. The van der Waals surface area contributed by atoms with E-state index in [0.29, 0.717) is 5.75 Å². The monoisotopic (exact) mass is 376 g/mol. The molecular formula is C22H24N4O2. The fourth-order valence-corrected chi connectivity index (χ4v) is 3.61. The van der Waals surface area contributed by atoms with Crippen LogP contribution >= 0.6 is 0 Å². The number of anilines is 2. The van der Waals surface area contributed by atoms with E-state index in [1.54, 1.807) is 10.9 Å². The summed E-state index contributed by atoms with van der Waals surface area (Å²) in [5.41, 5.74) is 4.27. The molecule has 0 aliphatic carbocycles. The second-order valence-corrected chi connectivity index (χ2v) is 6.98. The van der Waals surface area contributed by atoms with Crippen molar-refractivity contribution >= 4 is 17.3 Å². The lowest BCUT2D eigenvalue weighted by Gasteiger charge is -2.20. The Kier molecular flexibility index (Phi) is 5.02. The molecule has 4 rings (SSSR count). The summed E-state index contributed by atoms with van der Waals surface area (Å²) in [6, 6.07) is 15.7. The first-order valence-electron chi connectivity index (χ1n) is 9.52. The van der Waals surface area contributed by atoms with Crippen molar-refractivity contribution in [2.45, 2.75) is 19.8 Å². The number of ether oxygens (including phenoxy) is 1. The van der Waals surface area contributed by atoms with Crippen molar-refractivity contribution in [2.75, 3.05) is 30.4 Å². The molecule has 1 aliphatic heterocycles. The topological polar surface area (TPSA) is 59.4 Å². The van der Waals surface area contributed by atoms with Crippen LogP contribution in [-0.2, 0) is 0 Å². The van der Waals surface area contributed by atoms with E-state index in [-0.39, 0.29) is 11.6 Å². The highest BCUT2D eigenvalue weighted by Crippen LogP contribution is 2.27. The standard InChI is InChI=1S/C22H24N4O2/c1-16-14-17(10-11-19(16)25-12-6-7-13-25)23-22(27)21-20(28-2)15-26(24-21)18-8-4-3-5-9-18/h3-5,8-11,14-15H,6-7,12-13H2,1-2H3,(H,23,27). The number of nitrogens with one attached hydrogen (secondary N) is 1. The van der Waals surface area contributed by atoms with Crippen LogP contribution in [0.25, 0.3) is 5.69 Å². The van der Waals surface area contributed by atoms with Crippen LogP contribution in [0.4, 0.5) is 11.4 Å². The van der Waals surface area contributed by atoms with Crippen molar-refractivity contribution in [2.24, 2.45) is 0 Å². The first-order valence-corrected chi connectivity index (χ1v) is 9.52. The van der Waals surface area contributed by atoms with Crippen LogP contribution in [0, 0.1) is 6.92 Å². The van der Waals surface area contributed by atoms with Crippen LogP contribution in [0.5, 0.6) is 5.75 Å². The van der Waals surface area contributed by atoms with Crippen LogP contribution in [-0.4, -0.2) is 35.9 Å². The number of rotatable bonds is 5. The van der Waals surface area contributed by atoms with Crippen molar-refractivity contribution in [1.82, 2.24) is 9.78 Å². The number of methoxy groups -OCH3 is 1. The molecule has 1 aliphatic rings. The Balaban J connectivity index is 1.55. The molecule has 0 atom stereocenters. The summed E-state index contributed by atoms with van der Waals surface area (Å²) in [6.45, 7) is 4.27. The van der Waals surface area contributed by atoms with E-state index in [4.69, 9.17) is 4.74 Å². The third-order valence-electron chi connectivity index (χ3n) is 5.04. The average molecular weight is 376 g/mol. The highest BCUT2D eigenvalue weighted by Gasteiger charge is 2.19. The zero-order chi connectivity index (χ0) is 19.5. The van der Waals surface area contributed by atoms with Crippen LogP contribution in [0.15, 0.2) is 54.7 Å². The molecule has 0 radical (unpaired) electrons. The molecular weight excluding hydrogens is 352 g/mol. The van der Waals surface area contributed by atoms with Crippen molar-refractivity contribution in [3.8, 4) is 11.4 Å². The average Bonchev–Trinajstić information content (AvgIpc) is 3.39. The number of nitrogens with zero attached hydrogens (tertiary/aromatic N) is 3. The second-order valence-electron chi connectivity index (χ2n) is 6.98. The van der Waals surface area contributed by atoms with Gasteiger partial charge in [-0.3, -0.25) is 4.79 Å². The molecule has 28 heavy (non-hydrogen) atoms. The van der Waals surface area contributed by atoms with Crippen molar-refractivity contribution < 1.29 is 9.53 Å². The van der Waals surface area contributed by atoms with Gasteiger partial charge in [-0.1, -0.05) is 18.2 Å². The molecule has 0 spiro atoms. The van der Waals surface area contributed by atoms with Crippen molar-refractivity contribution in [1.29, 1.82) is 0 Å². The molecule has 0 bridgehead atoms. The van der Waals surface area contributed by atoms with E-state index < -0.39 is 0 Å². The fraction of sp³-hybridized carbons (Fsp3) is 0.273. The summed E-state index contributed by atoms with van der Waals surface area (Å²) < 4.78 is 7.01. The predicted octanol–water partition coefficient (Wildman–Crippen LogP) is 4.04. The van der Waals surface area contributed by atoms with Gasteiger partial charge in [0.2, 0.25) is 0 Å². The number of hydrogen-bond donors (Lipinski definition) is 1. The maximum Gasteiger partial charge on any atom is 0.280 e. The van der Waals surface area contributed by atoms with Gasteiger partial charge in [0.05, 0.1) is 19.0 Å². The molecule has 0 saturated carbocycles. The number of hydrogen-bond acceptors (Lipinski definition) is 4. The minimum absolute atomic E-state index is 0.257. The number of benzene rings is 2. The SMILES string of the molecule is COc1cn(-c2ccccc2)nc1C(=O)Nc1ccc(N2CCCC2)c(C)c1. The largest absolute Gasteiger partial charge is 0.493 e. The van der Waals surface area contributed by atoms with Gasteiger partial charge in [0.15, 0.2) is 11.4 Å². The van der Waals surface area contributed by atoms with E-state index in [1.165, 1.54) is 25.6 Å². The molecule has 3 aromatic rings. The summed E-state index contributed by atoms with van der Waals surface area (Å²) in [6.07, 6.45) is 4.19. The minimum Gasteiger partial charge on any atom is -0.493 e. The second kappa shape index (κ2) is 7.76. The van der Waals surface area contributed by atoms with Gasteiger partial charge in [0.1, 0.15) is 0 Å². The lowest BCUT2D eigenvalue weighted by Crippen LogP contribution is -2.19. The fourth-order valence-electron chi connectivity index (χ4n) is 3.61. The maximum atomic E-state index is 12.8. The van der Waals surface area contributed by atoms with Crippen molar-refractivity contribution in [3.63, 3.8) is 0 Å². The highest BCUT2D eigenvalue weighted by molar-refractivity contribution is 6.04. The molecule has 1 amide bonds. The maximum absolute atomic E-state index is 12.8. The molecule has 1 fully saturated rings. The number of amides is 1. The smallest absolute Gasteiger partial charge is 0.280 e. The molecule has 1 aromatic heterocycles. The van der Waals surface area contributed by atoms with E-state index >= 15 is 0 Å². The van der Waals surface area contributed by atoms with Gasteiger partial charge in [-0.05, 0) is 55.7 Å². The van der Waals surface area contributed by atoms with Gasteiger partial charge in [-0.25, -0.2) is 4.68 Å². The predicted molar refractivity (Wildman–Crippen MR) is 111 cm³/mol. The number of para-hydroxylation sites is 1. The Labute approximate surface area is 164 Å². The normalized spacial score (nSPS) is 13.6. The van der Waals surface area contributed by atoms with E-state index in [0.717, 1.165) is 30.0 Å². The molecule has 1 saturated heterocycles. The number of carbonyl (C=O) groups excluding carboxylic acids is 1. The molecule has 2 aromatic carbocycles. The first-order chi connectivity index (χ1) is 13.7. The summed E-state index contributed by atoms with van der Waals surface area (Å²) in [4.78, 5) is 15.2. The summed E-state index contributed by atoms with van der Waals surface area (Å²) in [5.74, 6) is 0.145. The van der Waals surface area contributed by atoms with Crippen LogP contribution in [0.2, 0.25) is 0 Å². The van der Waals surface area contributed by atoms with Crippen molar-refractivity contribution in [3.05, 3.63) is 66.0 Å². The van der Waals surface area contributed by atoms with E-state index in [9.17, 15) is 4.79 Å². The number of aromatic nitrogens is 2. The molecule has 6 heteroatoms. The highest BCUT2D eigenvalue weighted by atomic mass is 16.5. The number of aryl methyl sites for hydroxylation is 1. The van der Waals surface area contributed by atoms with Gasteiger partial charge in [0.25, 0.3) is 5.91 Å². The van der Waals surface area contributed by atoms with E-state index in [2.05, 4.69) is 28.3 Å². The first kappa shape index (κ1) is 18.1. The Bertz CT molecular complexity index is 975. The lowest BCUT2D eigenvalue weighted by atomic mass is 10.1. The third kappa shape index (κ3) is 3.58. The summed E-state index contributed by atoms with van der Waals surface area (Å²) in [7, 11) is 1.54. The molecule has 6 nitrogen and oxygen atoms in total. The Hall–Kier alpha value is -3.28. The van der Waals surface area contributed by atoms with Gasteiger partial charge < -0.3 is 15.0 Å². The zero-order valence-corrected chi connectivity index (χ0v) is 16.2. The summed E-state index contributed by atoms with van der Waals surface area (Å²) >= 11 is 0. The third-order valence-corrected chi connectivity index (χ3v) is 5.04. The molecule has 1 N–H and O–H groups in total. The van der Waals surface area contributed by atoms with Gasteiger partial charge in [-0.15, -0.1) is 0 Å². The van der Waals surface area contributed by atoms with Gasteiger partial charge in [-0.2, -0.15) is 5.10 Å². The Morgan fingerprint density at radius 1 is 1.11 bits per heavy atom. The molecule has 2 heterocycles. The quantitative estimate of drug-likeness (QED) is 0.730. The molecule has 0 unspecified atom stereocenters. The van der Waals surface area contributed by atoms with Gasteiger partial charge in [0, 0.05) is 24.5 Å². The van der Waals surface area contributed by atoms with Crippen LogP contribution in [0.1, 0.15) is 28.9 Å².